The van der Waals surface area contributed by atoms with Crippen LogP contribution >= 0.6 is 0 Å². The summed E-state index contributed by atoms with van der Waals surface area (Å²) in [6, 6.07) is 3.54. The van der Waals surface area contributed by atoms with E-state index < -0.39 is 5.97 Å². The normalized spacial score (nSPS) is 10.2. The molecule has 0 fully saturated rings. The van der Waals surface area contributed by atoms with Gasteiger partial charge in [-0.3, -0.25) is 0 Å². The lowest BCUT2D eigenvalue weighted by Gasteiger charge is -2.08. The van der Waals surface area contributed by atoms with Gasteiger partial charge in [0.25, 0.3) is 0 Å². The van der Waals surface area contributed by atoms with Gasteiger partial charge < -0.3 is 20.8 Å². The monoisotopic (exact) mass is 308 g/mol. The van der Waals surface area contributed by atoms with Crippen LogP contribution in [0.2, 0.25) is 0 Å². The van der Waals surface area contributed by atoms with Crippen LogP contribution in [0.3, 0.4) is 0 Å². The molecular weight excluding hydrogens is 284 g/mol. The van der Waals surface area contributed by atoms with E-state index in [1.54, 1.807) is 0 Å². The quantitative estimate of drug-likeness (QED) is 0.524. The van der Waals surface area contributed by atoms with Gasteiger partial charge in [-0.2, -0.15) is 0 Å². The van der Waals surface area contributed by atoms with Crippen molar-refractivity contribution >= 4 is 17.7 Å². The van der Waals surface area contributed by atoms with E-state index in [1.807, 2.05) is 0 Å². The van der Waals surface area contributed by atoms with Gasteiger partial charge in [-0.15, -0.1) is 0 Å². The fourth-order valence-corrected chi connectivity index (χ4v) is 2.07. The van der Waals surface area contributed by atoms with Crippen molar-refractivity contribution in [1.82, 2.24) is 5.32 Å². The summed E-state index contributed by atoms with van der Waals surface area (Å²) in [5, 5.41) is 23.6. The van der Waals surface area contributed by atoms with E-state index in [0.29, 0.717) is 12.2 Å². The predicted molar refractivity (Wildman–Crippen MR) is 85.5 cm³/mol. The third-order valence-corrected chi connectivity index (χ3v) is 3.30. The molecule has 0 saturated carbocycles. The molecule has 0 aliphatic rings. The Morgan fingerprint density at radius 2 is 1.77 bits per heavy atom. The minimum absolute atomic E-state index is 0.196. The zero-order chi connectivity index (χ0) is 16.4. The van der Waals surface area contributed by atoms with Crippen LogP contribution in [0.15, 0.2) is 18.2 Å². The van der Waals surface area contributed by atoms with Crippen molar-refractivity contribution in [2.45, 2.75) is 45.4 Å². The zero-order valence-electron chi connectivity index (χ0n) is 12.9. The lowest BCUT2D eigenvalue weighted by Crippen LogP contribution is -2.29. The number of carboxylic acid groups (broad SMARTS) is 1. The van der Waals surface area contributed by atoms with Crippen molar-refractivity contribution in [2.75, 3.05) is 11.9 Å². The lowest BCUT2D eigenvalue weighted by molar-refractivity contribution is 0.0694. The third-order valence-electron chi connectivity index (χ3n) is 3.30. The summed E-state index contributed by atoms with van der Waals surface area (Å²) >= 11 is 0. The highest BCUT2D eigenvalue weighted by Gasteiger charge is 2.10. The van der Waals surface area contributed by atoms with Crippen LogP contribution in [0.4, 0.5) is 10.5 Å². The van der Waals surface area contributed by atoms with Gasteiger partial charge in [-0.25, -0.2) is 9.59 Å². The Morgan fingerprint density at radius 1 is 1.09 bits per heavy atom. The molecule has 0 aromatic heterocycles. The molecule has 6 nitrogen and oxygen atoms in total. The number of nitrogens with one attached hydrogen (secondary N) is 2. The molecule has 122 valence electrons. The van der Waals surface area contributed by atoms with Gasteiger partial charge >= 0.3 is 12.0 Å². The van der Waals surface area contributed by atoms with E-state index in [0.717, 1.165) is 12.8 Å². The molecule has 0 saturated heterocycles. The minimum Gasteiger partial charge on any atom is -0.507 e. The third kappa shape index (κ3) is 6.47. The first kappa shape index (κ1) is 17.8. The number of rotatable bonds is 9. The molecule has 0 bridgehead atoms. The second-order valence-corrected chi connectivity index (χ2v) is 5.19. The van der Waals surface area contributed by atoms with Crippen LogP contribution in [0, 0.1) is 0 Å². The first-order chi connectivity index (χ1) is 10.5. The Morgan fingerprint density at radius 3 is 2.41 bits per heavy atom. The van der Waals surface area contributed by atoms with Gasteiger partial charge in [0.15, 0.2) is 0 Å². The van der Waals surface area contributed by atoms with Crippen molar-refractivity contribution in [3.05, 3.63) is 23.8 Å². The van der Waals surface area contributed by atoms with Crippen molar-refractivity contribution < 1.29 is 19.8 Å². The van der Waals surface area contributed by atoms with Crippen LogP contribution in [-0.4, -0.2) is 28.8 Å². The van der Waals surface area contributed by atoms with Crippen LogP contribution in [0.25, 0.3) is 0 Å². The van der Waals surface area contributed by atoms with Gasteiger partial charge in [-0.1, -0.05) is 39.0 Å². The predicted octanol–water partition coefficient (Wildman–Crippen LogP) is 3.57. The Kier molecular flexibility index (Phi) is 7.81. The summed E-state index contributed by atoms with van der Waals surface area (Å²) in [6.07, 6.45) is 6.91. The maximum absolute atomic E-state index is 11.7. The lowest BCUT2D eigenvalue weighted by atomic mass is 10.1. The molecule has 1 aromatic rings. The highest BCUT2D eigenvalue weighted by molar-refractivity contribution is 5.93. The SMILES string of the molecule is CCCCCCCCNC(=O)Nc1ccc(C(=O)O)c(O)c1. The highest BCUT2D eigenvalue weighted by atomic mass is 16.4. The molecule has 1 aromatic carbocycles. The topological polar surface area (TPSA) is 98.7 Å². The average Bonchev–Trinajstić information content (AvgIpc) is 2.46. The molecule has 2 amide bonds. The van der Waals surface area contributed by atoms with E-state index in [9.17, 15) is 14.7 Å². The molecule has 0 radical (unpaired) electrons. The Hall–Kier alpha value is -2.24. The molecule has 0 atom stereocenters. The number of anilines is 1. The first-order valence-electron chi connectivity index (χ1n) is 7.65. The van der Waals surface area contributed by atoms with Gasteiger partial charge in [0.2, 0.25) is 0 Å². The number of urea groups is 1. The van der Waals surface area contributed by atoms with E-state index in [1.165, 1.54) is 43.9 Å². The van der Waals surface area contributed by atoms with Crippen LogP contribution in [-0.2, 0) is 0 Å². The summed E-state index contributed by atoms with van der Waals surface area (Å²) < 4.78 is 0. The molecule has 6 heteroatoms. The number of hydrogen-bond acceptors (Lipinski definition) is 3. The molecule has 0 aliphatic carbocycles. The van der Waals surface area contributed by atoms with Gasteiger partial charge in [-0.05, 0) is 18.6 Å². The molecule has 0 heterocycles. The number of carbonyl (C=O) groups excluding carboxylic acids is 1. The summed E-state index contributed by atoms with van der Waals surface area (Å²) in [5.41, 5.74) is 0.154. The van der Waals surface area contributed by atoms with Crippen molar-refractivity contribution in [3.8, 4) is 5.75 Å². The smallest absolute Gasteiger partial charge is 0.339 e. The standard InChI is InChI=1S/C16H24N2O4/c1-2-3-4-5-6-7-10-17-16(22)18-12-8-9-13(15(20)21)14(19)11-12/h8-9,11,19H,2-7,10H2,1H3,(H,20,21)(H2,17,18,22). The van der Waals surface area contributed by atoms with Gasteiger partial charge in [0, 0.05) is 18.3 Å². The maximum atomic E-state index is 11.7. The molecular formula is C16H24N2O4. The van der Waals surface area contributed by atoms with Crippen molar-refractivity contribution in [1.29, 1.82) is 0 Å². The number of aromatic carboxylic acids is 1. The average molecular weight is 308 g/mol. The number of benzene rings is 1. The van der Waals surface area contributed by atoms with E-state index in [-0.39, 0.29) is 17.3 Å². The maximum Gasteiger partial charge on any atom is 0.339 e. The molecule has 1 rings (SSSR count). The number of amides is 2. The van der Waals surface area contributed by atoms with Gasteiger partial charge in [0.05, 0.1) is 0 Å². The Bertz CT molecular complexity index is 503. The largest absolute Gasteiger partial charge is 0.507 e. The van der Waals surface area contributed by atoms with Crippen molar-refractivity contribution in [3.63, 3.8) is 0 Å². The Balaban J connectivity index is 2.28. The zero-order valence-corrected chi connectivity index (χ0v) is 12.9. The van der Waals surface area contributed by atoms with Gasteiger partial charge in [0.1, 0.15) is 11.3 Å². The number of unbranched alkanes of at least 4 members (excludes halogenated alkanes) is 5. The summed E-state index contributed by atoms with van der Waals surface area (Å²) in [6.45, 7) is 2.77. The molecule has 4 N–H and O–H groups in total. The number of hydrogen-bond donors (Lipinski definition) is 4. The Labute approximate surface area is 130 Å². The van der Waals surface area contributed by atoms with E-state index in [4.69, 9.17) is 5.11 Å². The van der Waals surface area contributed by atoms with Crippen LogP contribution in [0.1, 0.15) is 55.8 Å². The minimum atomic E-state index is -1.21. The molecule has 0 spiro atoms. The van der Waals surface area contributed by atoms with Crippen LogP contribution in [0.5, 0.6) is 5.75 Å². The first-order valence-corrected chi connectivity index (χ1v) is 7.65. The van der Waals surface area contributed by atoms with Crippen molar-refractivity contribution in [2.24, 2.45) is 0 Å². The van der Waals surface area contributed by atoms with Crippen LogP contribution < -0.4 is 10.6 Å². The fraction of sp³-hybridized carbons (Fsp3) is 0.500. The second-order valence-electron chi connectivity index (χ2n) is 5.19. The number of carboxylic acids is 1. The molecule has 0 unspecified atom stereocenters. The summed E-state index contributed by atoms with van der Waals surface area (Å²) in [7, 11) is 0. The number of phenols is 1. The molecule has 22 heavy (non-hydrogen) atoms. The number of carbonyl (C=O) groups is 2. The second kappa shape index (κ2) is 9.65. The summed E-state index contributed by atoms with van der Waals surface area (Å²) in [5.74, 6) is -1.59. The molecule has 0 aliphatic heterocycles. The highest BCUT2D eigenvalue weighted by Crippen LogP contribution is 2.21. The van der Waals surface area contributed by atoms with E-state index >= 15 is 0 Å². The van der Waals surface area contributed by atoms with E-state index in [2.05, 4.69) is 17.6 Å². The number of aromatic hydroxyl groups is 1. The fourth-order valence-electron chi connectivity index (χ4n) is 2.07. The summed E-state index contributed by atoms with van der Waals surface area (Å²) in [4.78, 5) is 22.4.